The van der Waals surface area contributed by atoms with Gasteiger partial charge in [-0.05, 0) is 31.6 Å². The van der Waals surface area contributed by atoms with Gasteiger partial charge in [0.05, 0.1) is 11.0 Å². The number of carbonyl (C=O) groups is 1. The van der Waals surface area contributed by atoms with Crippen molar-refractivity contribution in [2.24, 2.45) is 11.7 Å². The van der Waals surface area contributed by atoms with Gasteiger partial charge in [-0.2, -0.15) is 0 Å². The molecule has 1 atom stereocenters. The molecule has 4 heteroatoms. The Hall–Kier alpha value is -0.640. The third-order valence-electron chi connectivity index (χ3n) is 4.64. The van der Waals surface area contributed by atoms with Crippen LogP contribution in [0.4, 0.5) is 0 Å². The molecule has 0 aromatic heterocycles. The summed E-state index contributed by atoms with van der Waals surface area (Å²) in [6.07, 6.45) is 11.6. The van der Waals surface area contributed by atoms with E-state index >= 15 is 0 Å². The molecule has 2 N–H and O–H groups in total. The number of hydrogen-bond acceptors (Lipinski definition) is 2. The molecule has 3 nitrogen and oxygen atoms in total. The first-order chi connectivity index (χ1) is 9.18. The van der Waals surface area contributed by atoms with E-state index in [0.29, 0.717) is 11.4 Å². The van der Waals surface area contributed by atoms with Crippen LogP contribution in [0.25, 0.3) is 0 Å². The molecule has 0 spiro atoms. The molecule has 1 unspecified atom stereocenters. The highest BCUT2D eigenvalue weighted by Gasteiger charge is 2.28. The molecule has 108 valence electrons. The van der Waals surface area contributed by atoms with Crippen LogP contribution in [0.5, 0.6) is 0 Å². The van der Waals surface area contributed by atoms with E-state index in [1.807, 2.05) is 4.90 Å². The molecule has 0 aromatic carbocycles. The Labute approximate surface area is 121 Å². The van der Waals surface area contributed by atoms with E-state index in [0.717, 1.165) is 38.1 Å². The Bertz CT molecular complexity index is 326. The summed E-state index contributed by atoms with van der Waals surface area (Å²) in [5, 5.41) is 0. The fraction of sp³-hybridized carbons (Fsp3) is 0.867. The average molecular weight is 282 g/mol. The monoisotopic (exact) mass is 282 g/mol. The molecule has 2 rings (SSSR count). The fourth-order valence-electron chi connectivity index (χ4n) is 3.47. The van der Waals surface area contributed by atoms with Crippen LogP contribution in [0.3, 0.4) is 0 Å². The quantitative estimate of drug-likeness (QED) is 0.806. The lowest BCUT2D eigenvalue weighted by atomic mass is 9.86. The number of rotatable bonds is 4. The van der Waals surface area contributed by atoms with E-state index in [1.165, 1.54) is 32.1 Å². The smallest absolute Gasteiger partial charge is 0.223 e. The van der Waals surface area contributed by atoms with Crippen molar-refractivity contribution in [1.82, 2.24) is 4.90 Å². The van der Waals surface area contributed by atoms with Gasteiger partial charge in [-0.1, -0.05) is 44.3 Å². The number of likely N-dealkylation sites (tertiary alicyclic amines) is 1. The number of hydrogen-bond donors (Lipinski definition) is 1. The Morgan fingerprint density at radius 2 is 1.79 bits per heavy atom. The number of nitrogens with two attached hydrogens (primary N) is 1. The molecule has 1 heterocycles. The molecule has 0 aromatic rings. The van der Waals surface area contributed by atoms with Crippen LogP contribution < -0.4 is 5.73 Å². The topological polar surface area (TPSA) is 46.3 Å². The first-order valence-electron chi connectivity index (χ1n) is 7.77. The number of nitrogens with zero attached hydrogens (tertiary/aromatic N) is 1. The van der Waals surface area contributed by atoms with Gasteiger partial charge in [-0.15, -0.1) is 0 Å². The van der Waals surface area contributed by atoms with Crippen molar-refractivity contribution < 1.29 is 4.79 Å². The van der Waals surface area contributed by atoms with Crippen molar-refractivity contribution in [2.45, 2.75) is 70.3 Å². The largest absolute Gasteiger partial charge is 0.392 e. The summed E-state index contributed by atoms with van der Waals surface area (Å²) in [5.41, 5.74) is 5.77. The van der Waals surface area contributed by atoms with Crippen molar-refractivity contribution in [1.29, 1.82) is 0 Å². The summed E-state index contributed by atoms with van der Waals surface area (Å²) in [6.45, 7) is 0.839. The van der Waals surface area contributed by atoms with E-state index in [9.17, 15) is 4.79 Å². The summed E-state index contributed by atoms with van der Waals surface area (Å²) in [5.74, 6) is 1.04. The minimum atomic E-state index is 0.0163. The second-order valence-corrected chi connectivity index (χ2v) is 6.52. The van der Waals surface area contributed by atoms with Crippen LogP contribution in [0, 0.1) is 5.92 Å². The fourth-order valence-corrected chi connectivity index (χ4v) is 3.72. The predicted molar refractivity (Wildman–Crippen MR) is 81.9 cm³/mol. The molecule has 1 amide bonds. The van der Waals surface area contributed by atoms with Crippen LogP contribution in [-0.4, -0.2) is 28.4 Å². The van der Waals surface area contributed by atoms with Gasteiger partial charge < -0.3 is 10.6 Å². The van der Waals surface area contributed by atoms with Crippen molar-refractivity contribution >= 4 is 23.1 Å². The molecular formula is C15H26N2OS. The lowest BCUT2D eigenvalue weighted by molar-refractivity contribution is -0.133. The molecule has 1 aliphatic carbocycles. The molecule has 1 aliphatic heterocycles. The maximum absolute atomic E-state index is 12.4. The SMILES string of the molecule is NC(=S)C1CCCCN1C(=O)CCC1CCCCC1. The van der Waals surface area contributed by atoms with Crippen molar-refractivity contribution in [3.63, 3.8) is 0 Å². The predicted octanol–water partition coefficient (Wildman–Crippen LogP) is 3.01. The zero-order valence-electron chi connectivity index (χ0n) is 11.8. The molecule has 2 aliphatic rings. The van der Waals surface area contributed by atoms with Gasteiger partial charge in [-0.25, -0.2) is 0 Å². The lowest BCUT2D eigenvalue weighted by Crippen LogP contribution is -2.49. The van der Waals surface area contributed by atoms with E-state index in [1.54, 1.807) is 0 Å². The minimum Gasteiger partial charge on any atom is -0.392 e. The van der Waals surface area contributed by atoms with Gasteiger partial charge in [-0.3, -0.25) is 4.79 Å². The standard InChI is InChI=1S/C15H26N2OS/c16-15(19)13-8-4-5-11-17(13)14(18)10-9-12-6-2-1-3-7-12/h12-13H,1-11H2,(H2,16,19). The molecule has 19 heavy (non-hydrogen) atoms. The van der Waals surface area contributed by atoms with Gasteiger partial charge in [0.2, 0.25) is 5.91 Å². The Balaban J connectivity index is 1.81. The zero-order chi connectivity index (χ0) is 13.7. The van der Waals surface area contributed by atoms with Gasteiger partial charge in [0.15, 0.2) is 0 Å². The second kappa shape index (κ2) is 7.22. The van der Waals surface area contributed by atoms with Gasteiger partial charge >= 0.3 is 0 Å². The molecule has 1 saturated carbocycles. The lowest BCUT2D eigenvalue weighted by Gasteiger charge is -2.35. The Kier molecular flexibility index (Phi) is 5.61. The number of amides is 1. The molecule has 1 saturated heterocycles. The molecule has 2 fully saturated rings. The highest BCUT2D eigenvalue weighted by molar-refractivity contribution is 7.80. The summed E-state index contributed by atoms with van der Waals surface area (Å²) in [4.78, 5) is 14.8. The zero-order valence-corrected chi connectivity index (χ0v) is 12.6. The van der Waals surface area contributed by atoms with E-state index in [-0.39, 0.29) is 11.9 Å². The number of thiocarbonyl (C=S) groups is 1. The second-order valence-electron chi connectivity index (χ2n) is 6.04. The van der Waals surface area contributed by atoms with Crippen molar-refractivity contribution in [3.05, 3.63) is 0 Å². The summed E-state index contributed by atoms with van der Waals surface area (Å²) in [6, 6.07) is 0.0163. The van der Waals surface area contributed by atoms with Gasteiger partial charge in [0.25, 0.3) is 0 Å². The molecule has 0 radical (unpaired) electrons. The first kappa shape index (κ1) is 14.8. The maximum atomic E-state index is 12.4. The third-order valence-corrected chi connectivity index (χ3v) is 4.91. The van der Waals surface area contributed by atoms with Crippen LogP contribution in [0.15, 0.2) is 0 Å². The normalized spacial score (nSPS) is 25.3. The number of carbonyl (C=O) groups excluding carboxylic acids is 1. The molecular weight excluding hydrogens is 256 g/mol. The van der Waals surface area contributed by atoms with Gasteiger partial charge in [0, 0.05) is 13.0 Å². The van der Waals surface area contributed by atoms with Crippen LogP contribution >= 0.6 is 12.2 Å². The van der Waals surface area contributed by atoms with Gasteiger partial charge in [0.1, 0.15) is 0 Å². The minimum absolute atomic E-state index is 0.0163. The van der Waals surface area contributed by atoms with Crippen LogP contribution in [0.2, 0.25) is 0 Å². The average Bonchev–Trinajstić information content (AvgIpc) is 2.46. The Morgan fingerprint density at radius 3 is 2.47 bits per heavy atom. The molecule has 0 bridgehead atoms. The van der Waals surface area contributed by atoms with E-state index in [4.69, 9.17) is 18.0 Å². The summed E-state index contributed by atoms with van der Waals surface area (Å²) >= 11 is 5.10. The highest BCUT2D eigenvalue weighted by Crippen LogP contribution is 2.28. The Morgan fingerprint density at radius 1 is 1.11 bits per heavy atom. The number of piperidine rings is 1. The van der Waals surface area contributed by atoms with Crippen molar-refractivity contribution in [3.8, 4) is 0 Å². The highest BCUT2D eigenvalue weighted by atomic mass is 32.1. The van der Waals surface area contributed by atoms with Crippen molar-refractivity contribution in [2.75, 3.05) is 6.54 Å². The summed E-state index contributed by atoms with van der Waals surface area (Å²) < 4.78 is 0. The van der Waals surface area contributed by atoms with E-state index in [2.05, 4.69) is 0 Å². The van der Waals surface area contributed by atoms with Crippen LogP contribution in [-0.2, 0) is 4.79 Å². The summed E-state index contributed by atoms with van der Waals surface area (Å²) in [7, 11) is 0. The van der Waals surface area contributed by atoms with E-state index < -0.39 is 0 Å². The third kappa shape index (κ3) is 4.16. The first-order valence-corrected chi connectivity index (χ1v) is 8.18. The maximum Gasteiger partial charge on any atom is 0.223 e. The van der Waals surface area contributed by atoms with Crippen LogP contribution in [0.1, 0.15) is 64.2 Å².